The molecule has 2 N–H and O–H groups in total. The average molecular weight is 360 g/mol. The van der Waals surface area contributed by atoms with Crippen molar-refractivity contribution in [3.8, 4) is 5.82 Å². The second-order valence-corrected chi connectivity index (χ2v) is 6.16. The number of aromatic nitrogens is 4. The van der Waals surface area contributed by atoms with Crippen LogP contribution in [0.25, 0.3) is 16.9 Å². The number of morpholine rings is 1. The number of nitrogen functional groups attached to an aromatic ring is 1. The van der Waals surface area contributed by atoms with Crippen LogP contribution in [0.5, 0.6) is 0 Å². The molecule has 0 bridgehead atoms. The van der Waals surface area contributed by atoms with E-state index in [0.717, 1.165) is 0 Å². The molecule has 9 heteroatoms. The van der Waals surface area contributed by atoms with Gasteiger partial charge < -0.3 is 15.4 Å². The van der Waals surface area contributed by atoms with Crippen LogP contribution >= 0.6 is 0 Å². The van der Waals surface area contributed by atoms with Gasteiger partial charge in [-0.2, -0.15) is 9.97 Å². The monoisotopic (exact) mass is 360 g/mol. The molecule has 1 fully saturated rings. The molecule has 1 aliphatic heterocycles. The Labute approximate surface area is 148 Å². The van der Waals surface area contributed by atoms with E-state index in [1.165, 1.54) is 10.6 Å². The summed E-state index contributed by atoms with van der Waals surface area (Å²) in [4.78, 5) is 14.8. The van der Waals surface area contributed by atoms with Crippen LogP contribution in [0.1, 0.15) is 19.2 Å². The van der Waals surface area contributed by atoms with Crippen molar-refractivity contribution < 1.29 is 13.5 Å². The maximum atomic E-state index is 13.6. The Hall–Kier alpha value is -2.81. The molecule has 7 nitrogen and oxygen atoms in total. The zero-order valence-electron chi connectivity index (χ0n) is 14.1. The average Bonchev–Trinajstić information content (AvgIpc) is 3.01. The standard InChI is InChI=1S/C17H18F2N6O/c1-10-9-26-7-6-24(10)17-22-13(20)8-14(23-17)25-12-5-3-2-4-11(12)21-16(25)15(18)19/h2-5,8,10,15H,6-7,9H2,1H3,(H2,20,22,23)/t10-/m0/s1. The van der Waals surface area contributed by atoms with E-state index in [2.05, 4.69) is 15.0 Å². The van der Waals surface area contributed by atoms with Crippen molar-refractivity contribution in [2.24, 2.45) is 0 Å². The predicted octanol–water partition coefficient (Wildman–Crippen LogP) is 2.56. The summed E-state index contributed by atoms with van der Waals surface area (Å²) in [6.45, 7) is 3.69. The van der Waals surface area contributed by atoms with E-state index in [1.54, 1.807) is 24.3 Å². The van der Waals surface area contributed by atoms with Gasteiger partial charge in [0.2, 0.25) is 5.95 Å². The molecule has 3 heterocycles. The first-order chi connectivity index (χ1) is 12.5. The molecule has 0 saturated carbocycles. The van der Waals surface area contributed by atoms with Gasteiger partial charge in [-0.15, -0.1) is 0 Å². The maximum absolute atomic E-state index is 13.6. The van der Waals surface area contributed by atoms with Gasteiger partial charge in [0.25, 0.3) is 6.43 Å². The highest BCUT2D eigenvalue weighted by atomic mass is 19.3. The fourth-order valence-corrected chi connectivity index (χ4v) is 3.14. The van der Waals surface area contributed by atoms with Crippen molar-refractivity contribution in [2.75, 3.05) is 30.4 Å². The third-order valence-electron chi connectivity index (χ3n) is 4.36. The zero-order chi connectivity index (χ0) is 18.3. The minimum Gasteiger partial charge on any atom is -0.383 e. The topological polar surface area (TPSA) is 82.1 Å². The Morgan fingerprint density at radius 3 is 2.81 bits per heavy atom. The number of halogens is 2. The number of para-hydroxylation sites is 2. The molecule has 1 saturated heterocycles. The number of fused-ring (bicyclic) bond motifs is 1. The lowest BCUT2D eigenvalue weighted by molar-refractivity contribution is 0.0981. The van der Waals surface area contributed by atoms with E-state index < -0.39 is 6.43 Å². The van der Waals surface area contributed by atoms with Crippen molar-refractivity contribution in [3.05, 3.63) is 36.2 Å². The van der Waals surface area contributed by atoms with Gasteiger partial charge >= 0.3 is 0 Å². The van der Waals surface area contributed by atoms with Crippen LogP contribution in [-0.2, 0) is 4.74 Å². The lowest BCUT2D eigenvalue weighted by Gasteiger charge is -2.33. The quantitative estimate of drug-likeness (QED) is 0.773. The number of alkyl halides is 2. The molecular weight excluding hydrogens is 342 g/mol. The molecule has 26 heavy (non-hydrogen) atoms. The van der Waals surface area contributed by atoms with Crippen molar-refractivity contribution in [1.82, 2.24) is 19.5 Å². The predicted molar refractivity (Wildman–Crippen MR) is 93.7 cm³/mol. The molecule has 2 aromatic heterocycles. The summed E-state index contributed by atoms with van der Waals surface area (Å²) in [6, 6.07) is 8.48. The first kappa shape index (κ1) is 16.6. The Morgan fingerprint density at radius 1 is 1.23 bits per heavy atom. The third-order valence-corrected chi connectivity index (χ3v) is 4.36. The Balaban J connectivity index is 1.88. The summed E-state index contributed by atoms with van der Waals surface area (Å²) in [6.07, 6.45) is -2.75. The summed E-state index contributed by atoms with van der Waals surface area (Å²) in [5, 5.41) is 0. The lowest BCUT2D eigenvalue weighted by atomic mass is 10.3. The molecule has 4 rings (SSSR count). The highest BCUT2D eigenvalue weighted by Crippen LogP contribution is 2.28. The summed E-state index contributed by atoms with van der Waals surface area (Å²) in [5.41, 5.74) is 6.97. The minimum atomic E-state index is -2.75. The number of benzene rings is 1. The van der Waals surface area contributed by atoms with Crippen LogP contribution < -0.4 is 10.6 Å². The van der Waals surface area contributed by atoms with Gasteiger partial charge in [-0.25, -0.2) is 13.8 Å². The number of imidazole rings is 1. The molecular formula is C17H18F2N6O. The smallest absolute Gasteiger partial charge is 0.296 e. The maximum Gasteiger partial charge on any atom is 0.296 e. The van der Waals surface area contributed by atoms with Crippen LogP contribution in [0.15, 0.2) is 30.3 Å². The lowest BCUT2D eigenvalue weighted by Crippen LogP contribution is -2.44. The van der Waals surface area contributed by atoms with E-state index in [0.29, 0.717) is 36.7 Å². The molecule has 1 aromatic carbocycles. The van der Waals surface area contributed by atoms with Gasteiger partial charge in [0.1, 0.15) is 11.6 Å². The number of hydrogen-bond acceptors (Lipinski definition) is 6. The van der Waals surface area contributed by atoms with E-state index >= 15 is 0 Å². The SMILES string of the molecule is C[C@H]1COCCN1c1nc(N)cc(-n2c(C(F)F)nc3ccccc32)n1. The molecule has 0 aliphatic carbocycles. The number of anilines is 2. The summed E-state index contributed by atoms with van der Waals surface area (Å²) in [7, 11) is 0. The van der Waals surface area contributed by atoms with Crippen LogP contribution in [-0.4, -0.2) is 45.3 Å². The molecule has 0 amide bonds. The number of nitrogens with two attached hydrogens (primary N) is 1. The normalized spacial score (nSPS) is 18.0. The van der Waals surface area contributed by atoms with Gasteiger partial charge in [-0.3, -0.25) is 4.57 Å². The Morgan fingerprint density at radius 2 is 2.04 bits per heavy atom. The fraction of sp³-hybridized carbons (Fsp3) is 0.353. The number of ether oxygens (including phenoxy) is 1. The van der Waals surface area contributed by atoms with Crippen LogP contribution in [0.2, 0.25) is 0 Å². The van der Waals surface area contributed by atoms with Crippen molar-refractivity contribution in [2.45, 2.75) is 19.4 Å². The first-order valence-electron chi connectivity index (χ1n) is 8.29. The zero-order valence-corrected chi connectivity index (χ0v) is 14.1. The van der Waals surface area contributed by atoms with Gasteiger partial charge in [-0.05, 0) is 19.1 Å². The van der Waals surface area contributed by atoms with Crippen molar-refractivity contribution in [3.63, 3.8) is 0 Å². The van der Waals surface area contributed by atoms with Crippen LogP contribution in [0.3, 0.4) is 0 Å². The van der Waals surface area contributed by atoms with Gasteiger partial charge in [0.05, 0.1) is 30.3 Å². The molecule has 0 spiro atoms. The van der Waals surface area contributed by atoms with Gasteiger partial charge in [0, 0.05) is 12.6 Å². The fourth-order valence-electron chi connectivity index (χ4n) is 3.14. The van der Waals surface area contributed by atoms with Crippen LogP contribution in [0, 0.1) is 0 Å². The molecule has 0 unspecified atom stereocenters. The molecule has 3 aromatic rings. The summed E-state index contributed by atoms with van der Waals surface area (Å²) < 4.78 is 33.9. The van der Waals surface area contributed by atoms with Gasteiger partial charge in [-0.1, -0.05) is 12.1 Å². The largest absolute Gasteiger partial charge is 0.383 e. The van der Waals surface area contributed by atoms with Gasteiger partial charge in [0.15, 0.2) is 5.82 Å². The van der Waals surface area contributed by atoms with E-state index in [4.69, 9.17) is 10.5 Å². The molecule has 0 radical (unpaired) electrons. The highest BCUT2D eigenvalue weighted by Gasteiger charge is 2.25. The van der Waals surface area contributed by atoms with Crippen molar-refractivity contribution >= 4 is 22.8 Å². The third kappa shape index (κ3) is 2.84. The Bertz CT molecular complexity index is 944. The second kappa shape index (κ2) is 6.49. The van der Waals surface area contributed by atoms with E-state index in [-0.39, 0.29) is 23.5 Å². The van der Waals surface area contributed by atoms with Crippen LogP contribution in [0.4, 0.5) is 20.5 Å². The van der Waals surface area contributed by atoms with Crippen molar-refractivity contribution in [1.29, 1.82) is 0 Å². The Kier molecular flexibility index (Phi) is 4.15. The van der Waals surface area contributed by atoms with E-state index in [9.17, 15) is 8.78 Å². The number of hydrogen-bond donors (Lipinski definition) is 1. The number of nitrogens with zero attached hydrogens (tertiary/aromatic N) is 5. The second-order valence-electron chi connectivity index (χ2n) is 6.16. The van der Waals surface area contributed by atoms with E-state index in [1.807, 2.05) is 11.8 Å². The summed E-state index contributed by atoms with van der Waals surface area (Å²) in [5.74, 6) is 0.510. The highest BCUT2D eigenvalue weighted by molar-refractivity contribution is 5.78. The number of rotatable bonds is 3. The minimum absolute atomic E-state index is 0.0625. The molecule has 1 atom stereocenters. The molecule has 136 valence electrons. The first-order valence-corrected chi connectivity index (χ1v) is 8.29. The molecule has 1 aliphatic rings. The summed E-state index contributed by atoms with van der Waals surface area (Å²) >= 11 is 0.